The normalized spacial score (nSPS) is 11.5. The topological polar surface area (TPSA) is 88.4 Å². The van der Waals surface area contributed by atoms with Gasteiger partial charge >= 0.3 is 5.97 Å². The van der Waals surface area contributed by atoms with Crippen LogP contribution in [0, 0.1) is 6.92 Å². The van der Waals surface area contributed by atoms with Crippen molar-refractivity contribution in [1.82, 2.24) is 4.57 Å². The molecule has 0 bridgehead atoms. The van der Waals surface area contributed by atoms with Crippen molar-refractivity contribution in [3.63, 3.8) is 0 Å². The number of nitrogens with zero attached hydrogens (tertiary/aromatic N) is 2. The van der Waals surface area contributed by atoms with Gasteiger partial charge < -0.3 is 23.5 Å². The molecule has 1 amide bonds. The number of fused-ring (bicyclic) bond motifs is 1. The fourth-order valence-electron chi connectivity index (χ4n) is 3.10. The van der Waals surface area contributed by atoms with Crippen LogP contribution < -0.4 is 19.0 Å². The Kier molecular flexibility index (Phi) is 6.87. The van der Waals surface area contributed by atoms with E-state index < -0.39 is 11.9 Å². The Morgan fingerprint density at radius 1 is 1.06 bits per heavy atom. The van der Waals surface area contributed by atoms with Crippen molar-refractivity contribution in [2.45, 2.75) is 13.5 Å². The minimum absolute atomic E-state index is 0.112. The number of carbonyl (C=O) groups is 2. The third-order valence-electron chi connectivity index (χ3n) is 4.65. The monoisotopic (exact) mass is 464 g/mol. The van der Waals surface area contributed by atoms with E-state index in [0.717, 1.165) is 15.8 Å². The van der Waals surface area contributed by atoms with Crippen LogP contribution in [0.4, 0.5) is 0 Å². The predicted octanol–water partition coefficient (Wildman–Crippen LogP) is 3.60. The number of aromatic nitrogens is 1. The molecule has 0 radical (unpaired) electrons. The summed E-state index contributed by atoms with van der Waals surface area (Å²) in [5, 5.41) is 0.548. The molecular weight excluding hydrogens is 444 g/mol. The summed E-state index contributed by atoms with van der Waals surface area (Å²) in [6, 6.07) is 6.63. The largest absolute Gasteiger partial charge is 0.493 e. The van der Waals surface area contributed by atoms with Crippen LogP contribution in [0.15, 0.2) is 29.3 Å². The summed E-state index contributed by atoms with van der Waals surface area (Å²) in [5.41, 5.74) is 1.74. The number of aryl methyl sites for hydroxylation is 1. The first-order chi connectivity index (χ1) is 14.8. The van der Waals surface area contributed by atoms with Crippen molar-refractivity contribution in [3.8, 4) is 17.2 Å². The van der Waals surface area contributed by atoms with Crippen molar-refractivity contribution < 1.29 is 28.5 Å². The molecule has 164 valence electrons. The van der Waals surface area contributed by atoms with Gasteiger partial charge in [0.1, 0.15) is 6.54 Å². The number of methoxy groups -OCH3 is 4. The molecule has 0 spiro atoms. The molecule has 1 aromatic heterocycles. The van der Waals surface area contributed by atoms with Crippen LogP contribution in [0.3, 0.4) is 0 Å². The van der Waals surface area contributed by atoms with Crippen LogP contribution in [0.5, 0.6) is 17.2 Å². The summed E-state index contributed by atoms with van der Waals surface area (Å²) in [4.78, 5) is 29.6. The number of esters is 1. The van der Waals surface area contributed by atoms with Gasteiger partial charge in [-0.1, -0.05) is 22.9 Å². The Morgan fingerprint density at radius 2 is 1.71 bits per heavy atom. The molecule has 2 aromatic carbocycles. The van der Waals surface area contributed by atoms with Crippen molar-refractivity contribution in [1.29, 1.82) is 0 Å². The quantitative estimate of drug-likeness (QED) is 0.518. The molecule has 0 unspecified atom stereocenters. The maximum absolute atomic E-state index is 13.0. The summed E-state index contributed by atoms with van der Waals surface area (Å²) >= 11 is 7.55. The lowest BCUT2D eigenvalue weighted by atomic mass is 10.1. The highest BCUT2D eigenvalue weighted by Crippen LogP contribution is 2.38. The van der Waals surface area contributed by atoms with Crippen LogP contribution in [-0.2, 0) is 16.1 Å². The molecule has 0 aliphatic carbocycles. The summed E-state index contributed by atoms with van der Waals surface area (Å²) in [7, 11) is 5.71. The number of benzene rings is 2. The summed E-state index contributed by atoms with van der Waals surface area (Å²) in [6.45, 7) is 1.73. The third-order valence-corrected chi connectivity index (χ3v) is 6.11. The molecule has 1 heterocycles. The van der Waals surface area contributed by atoms with Crippen molar-refractivity contribution in [2.24, 2.45) is 4.99 Å². The number of ether oxygens (including phenoxy) is 4. The zero-order chi connectivity index (χ0) is 22.7. The van der Waals surface area contributed by atoms with Crippen LogP contribution in [0.2, 0.25) is 5.02 Å². The molecule has 0 saturated carbocycles. The highest BCUT2D eigenvalue weighted by Gasteiger charge is 2.19. The van der Waals surface area contributed by atoms with Gasteiger partial charge in [0.2, 0.25) is 5.75 Å². The Labute approximate surface area is 187 Å². The summed E-state index contributed by atoms with van der Waals surface area (Å²) in [6.07, 6.45) is 0. The second kappa shape index (κ2) is 9.40. The SMILES string of the molecule is COC(=O)Cn1c(=NC(=O)c2cc(OC)c(OC)c(OC)c2)sc2ccc(Cl)c(C)c21. The lowest BCUT2D eigenvalue weighted by Crippen LogP contribution is -2.22. The van der Waals surface area contributed by atoms with Gasteiger partial charge in [-0.15, -0.1) is 0 Å². The van der Waals surface area contributed by atoms with Crippen LogP contribution in [0.25, 0.3) is 10.2 Å². The summed E-state index contributed by atoms with van der Waals surface area (Å²) in [5.74, 6) is 0.0342. The van der Waals surface area contributed by atoms with E-state index in [1.165, 1.54) is 51.9 Å². The minimum Gasteiger partial charge on any atom is -0.493 e. The van der Waals surface area contributed by atoms with Crippen molar-refractivity contribution >= 4 is 45.0 Å². The smallest absolute Gasteiger partial charge is 0.325 e. The highest BCUT2D eigenvalue weighted by molar-refractivity contribution is 7.16. The molecule has 0 saturated heterocycles. The van der Waals surface area contributed by atoms with E-state index >= 15 is 0 Å². The highest BCUT2D eigenvalue weighted by atomic mass is 35.5. The van der Waals surface area contributed by atoms with E-state index in [2.05, 4.69) is 4.99 Å². The molecule has 0 N–H and O–H groups in total. The van der Waals surface area contributed by atoms with Gasteiger partial charge in [0.25, 0.3) is 5.91 Å². The van der Waals surface area contributed by atoms with Crippen molar-refractivity contribution in [3.05, 3.63) is 45.2 Å². The first-order valence-electron chi connectivity index (χ1n) is 9.08. The maximum atomic E-state index is 13.0. The van der Waals surface area contributed by atoms with Gasteiger partial charge in [-0.05, 0) is 36.8 Å². The van der Waals surface area contributed by atoms with Gasteiger partial charge in [0.05, 0.1) is 38.7 Å². The lowest BCUT2D eigenvalue weighted by molar-refractivity contribution is -0.141. The molecule has 0 fully saturated rings. The van der Waals surface area contributed by atoms with Crippen LogP contribution in [0.1, 0.15) is 15.9 Å². The number of hydrogen-bond acceptors (Lipinski definition) is 7. The maximum Gasteiger partial charge on any atom is 0.325 e. The molecule has 3 rings (SSSR count). The fraction of sp³-hybridized carbons (Fsp3) is 0.286. The molecular formula is C21H21ClN2O6S. The standard InChI is InChI=1S/C21H21ClN2O6S/c1-11-13(22)6-7-16-18(11)24(10-17(25)29-4)21(31-16)23-20(26)12-8-14(27-2)19(30-5)15(9-12)28-3/h6-9H,10H2,1-5H3. The Bertz CT molecular complexity index is 1210. The van der Waals surface area contributed by atoms with E-state index in [1.807, 2.05) is 13.0 Å². The van der Waals surface area contributed by atoms with Crippen molar-refractivity contribution in [2.75, 3.05) is 28.4 Å². The first-order valence-corrected chi connectivity index (χ1v) is 10.3. The minimum atomic E-state index is -0.534. The Morgan fingerprint density at radius 3 is 2.26 bits per heavy atom. The molecule has 0 aliphatic heterocycles. The second-order valence-electron chi connectivity index (χ2n) is 6.40. The molecule has 8 nitrogen and oxygen atoms in total. The average Bonchev–Trinajstić information content (AvgIpc) is 3.12. The van der Waals surface area contributed by atoms with E-state index in [1.54, 1.807) is 10.6 Å². The van der Waals surface area contributed by atoms with Gasteiger partial charge in [-0.2, -0.15) is 4.99 Å². The number of thiazole rings is 1. The Hall–Kier alpha value is -3.04. The fourth-order valence-corrected chi connectivity index (χ4v) is 4.34. The molecule has 0 aliphatic rings. The predicted molar refractivity (Wildman–Crippen MR) is 118 cm³/mol. The number of hydrogen-bond donors (Lipinski definition) is 0. The van der Waals surface area contributed by atoms with E-state index in [0.29, 0.717) is 27.1 Å². The first kappa shape index (κ1) is 22.6. The molecule has 0 atom stereocenters. The van der Waals surface area contributed by atoms with Gasteiger partial charge in [-0.25, -0.2) is 0 Å². The van der Waals surface area contributed by atoms with Crippen LogP contribution in [-0.4, -0.2) is 44.9 Å². The Balaban J connectivity index is 2.20. The van der Waals surface area contributed by atoms with E-state index in [4.69, 9.17) is 30.5 Å². The zero-order valence-electron chi connectivity index (χ0n) is 17.6. The van der Waals surface area contributed by atoms with E-state index in [-0.39, 0.29) is 12.1 Å². The molecule has 10 heteroatoms. The van der Waals surface area contributed by atoms with Gasteiger partial charge in [0, 0.05) is 10.6 Å². The van der Waals surface area contributed by atoms with Gasteiger partial charge in [0.15, 0.2) is 16.3 Å². The molecule has 3 aromatic rings. The van der Waals surface area contributed by atoms with Crippen LogP contribution >= 0.6 is 22.9 Å². The lowest BCUT2D eigenvalue weighted by Gasteiger charge is -2.12. The van der Waals surface area contributed by atoms with Gasteiger partial charge in [-0.3, -0.25) is 9.59 Å². The molecule has 31 heavy (non-hydrogen) atoms. The zero-order valence-corrected chi connectivity index (χ0v) is 19.2. The van der Waals surface area contributed by atoms with E-state index in [9.17, 15) is 9.59 Å². The number of amides is 1. The number of halogens is 1. The number of rotatable bonds is 6. The second-order valence-corrected chi connectivity index (χ2v) is 7.81. The number of carbonyl (C=O) groups excluding carboxylic acids is 2. The average molecular weight is 465 g/mol. The summed E-state index contributed by atoms with van der Waals surface area (Å²) < 4.78 is 23.2. The third kappa shape index (κ3) is 4.38.